The van der Waals surface area contributed by atoms with E-state index in [4.69, 9.17) is 11.6 Å². The Morgan fingerprint density at radius 3 is 2.24 bits per heavy atom. The highest BCUT2D eigenvalue weighted by atomic mass is 35.5. The van der Waals surface area contributed by atoms with Crippen LogP contribution in [0.2, 0.25) is 5.02 Å². The molecule has 1 aliphatic rings. The standard InChI is InChI=1S/C23H29ClS/c1-2-3-4-18-5-9-20(10-6-18)21-11-15-23(16-12-21)25-17-19-7-13-22(24)14-8-19/h7-8,11-16,18,20H,2-6,9-10,17H2,1H3. The molecule has 1 aliphatic carbocycles. The second-order valence-electron chi connectivity index (χ2n) is 7.34. The van der Waals surface area contributed by atoms with Crippen LogP contribution in [0.4, 0.5) is 0 Å². The minimum Gasteiger partial charge on any atom is -0.121 e. The molecule has 0 nitrogen and oxygen atoms in total. The van der Waals surface area contributed by atoms with Crippen LogP contribution in [0, 0.1) is 5.92 Å². The molecule has 0 atom stereocenters. The first kappa shape index (κ1) is 18.9. The van der Waals surface area contributed by atoms with Gasteiger partial charge in [0.2, 0.25) is 0 Å². The van der Waals surface area contributed by atoms with Crippen LogP contribution in [-0.2, 0) is 5.75 Å². The van der Waals surface area contributed by atoms with E-state index in [9.17, 15) is 0 Å². The molecule has 2 aromatic rings. The summed E-state index contributed by atoms with van der Waals surface area (Å²) in [6, 6.07) is 17.5. The van der Waals surface area contributed by atoms with Crippen molar-refractivity contribution in [2.24, 2.45) is 5.92 Å². The van der Waals surface area contributed by atoms with E-state index in [1.54, 1.807) is 5.56 Å². The van der Waals surface area contributed by atoms with Crippen molar-refractivity contribution in [1.29, 1.82) is 0 Å². The summed E-state index contributed by atoms with van der Waals surface area (Å²) < 4.78 is 0. The third-order valence-electron chi connectivity index (χ3n) is 5.48. The molecule has 0 radical (unpaired) electrons. The van der Waals surface area contributed by atoms with Crippen LogP contribution >= 0.6 is 23.4 Å². The summed E-state index contributed by atoms with van der Waals surface area (Å²) in [6.45, 7) is 2.30. The van der Waals surface area contributed by atoms with Crippen molar-refractivity contribution in [3.05, 3.63) is 64.7 Å². The fraction of sp³-hybridized carbons (Fsp3) is 0.478. The molecule has 0 aliphatic heterocycles. The van der Waals surface area contributed by atoms with E-state index < -0.39 is 0 Å². The minimum absolute atomic E-state index is 0.785. The summed E-state index contributed by atoms with van der Waals surface area (Å²) >= 11 is 7.85. The normalized spacial score (nSPS) is 20.6. The topological polar surface area (TPSA) is 0 Å². The van der Waals surface area contributed by atoms with Gasteiger partial charge in [-0.1, -0.05) is 62.1 Å². The molecular formula is C23H29ClS. The molecule has 0 aromatic heterocycles. The molecule has 0 saturated heterocycles. The van der Waals surface area contributed by atoms with Crippen LogP contribution in [0.5, 0.6) is 0 Å². The smallest absolute Gasteiger partial charge is 0.0406 e. The molecule has 3 rings (SSSR count). The quantitative estimate of drug-likeness (QED) is 0.442. The predicted octanol–water partition coefficient (Wildman–Crippen LogP) is 8.10. The van der Waals surface area contributed by atoms with E-state index in [1.807, 2.05) is 23.9 Å². The van der Waals surface area contributed by atoms with E-state index in [0.717, 1.165) is 22.6 Å². The average Bonchev–Trinajstić information content (AvgIpc) is 2.67. The lowest BCUT2D eigenvalue weighted by molar-refractivity contribution is 0.304. The third kappa shape index (κ3) is 5.79. The second kappa shape index (κ2) is 9.69. The highest BCUT2D eigenvalue weighted by molar-refractivity contribution is 7.98. The molecule has 1 saturated carbocycles. The Bertz CT molecular complexity index is 624. The first-order chi connectivity index (χ1) is 12.2. The maximum atomic E-state index is 5.95. The molecule has 0 N–H and O–H groups in total. The monoisotopic (exact) mass is 372 g/mol. The summed E-state index contributed by atoms with van der Waals surface area (Å²) in [5.41, 5.74) is 2.87. The molecule has 0 amide bonds. The van der Waals surface area contributed by atoms with Gasteiger partial charge in [-0.3, -0.25) is 0 Å². The second-order valence-corrected chi connectivity index (χ2v) is 8.83. The van der Waals surface area contributed by atoms with Crippen molar-refractivity contribution < 1.29 is 0 Å². The molecule has 25 heavy (non-hydrogen) atoms. The van der Waals surface area contributed by atoms with Crippen LogP contribution in [-0.4, -0.2) is 0 Å². The number of thioether (sulfide) groups is 1. The maximum Gasteiger partial charge on any atom is 0.0406 e. The first-order valence-electron chi connectivity index (χ1n) is 9.72. The maximum absolute atomic E-state index is 5.95. The lowest BCUT2D eigenvalue weighted by Crippen LogP contribution is -2.13. The van der Waals surface area contributed by atoms with Gasteiger partial charge in [-0.2, -0.15) is 0 Å². The number of benzene rings is 2. The minimum atomic E-state index is 0.785. The van der Waals surface area contributed by atoms with Crippen LogP contribution in [0.25, 0.3) is 0 Å². The van der Waals surface area contributed by atoms with E-state index >= 15 is 0 Å². The summed E-state index contributed by atoms with van der Waals surface area (Å²) in [7, 11) is 0. The van der Waals surface area contributed by atoms with Gasteiger partial charge in [0.15, 0.2) is 0 Å². The van der Waals surface area contributed by atoms with Crippen molar-refractivity contribution in [3.63, 3.8) is 0 Å². The van der Waals surface area contributed by atoms with Gasteiger partial charge >= 0.3 is 0 Å². The van der Waals surface area contributed by atoms with Crippen molar-refractivity contribution in [2.45, 2.75) is 68.4 Å². The number of hydrogen-bond acceptors (Lipinski definition) is 1. The lowest BCUT2D eigenvalue weighted by atomic mass is 9.77. The van der Waals surface area contributed by atoms with Crippen molar-refractivity contribution >= 4 is 23.4 Å². The summed E-state index contributed by atoms with van der Waals surface area (Å²) in [4.78, 5) is 1.36. The van der Waals surface area contributed by atoms with Crippen LogP contribution in [0.15, 0.2) is 53.4 Å². The van der Waals surface area contributed by atoms with Crippen molar-refractivity contribution in [2.75, 3.05) is 0 Å². The highest BCUT2D eigenvalue weighted by Gasteiger charge is 2.21. The molecule has 2 heteroatoms. The SMILES string of the molecule is CCCCC1CCC(c2ccc(SCc3ccc(Cl)cc3)cc2)CC1. The lowest BCUT2D eigenvalue weighted by Gasteiger charge is -2.28. The van der Waals surface area contributed by atoms with Gasteiger partial charge in [0.05, 0.1) is 0 Å². The zero-order valence-electron chi connectivity index (χ0n) is 15.2. The summed E-state index contributed by atoms with van der Waals surface area (Å²) in [6.07, 6.45) is 9.82. The summed E-state index contributed by atoms with van der Waals surface area (Å²) in [5.74, 6) is 2.78. The van der Waals surface area contributed by atoms with Crippen LogP contribution in [0.1, 0.15) is 68.9 Å². The van der Waals surface area contributed by atoms with Crippen molar-refractivity contribution in [3.8, 4) is 0 Å². The van der Waals surface area contributed by atoms with Crippen molar-refractivity contribution in [1.82, 2.24) is 0 Å². The van der Waals surface area contributed by atoms with Gasteiger partial charge in [-0.05, 0) is 72.9 Å². The van der Waals surface area contributed by atoms with Gasteiger partial charge < -0.3 is 0 Å². The molecule has 0 spiro atoms. The zero-order valence-corrected chi connectivity index (χ0v) is 16.8. The fourth-order valence-corrected chi connectivity index (χ4v) is 4.84. The fourth-order valence-electron chi connectivity index (χ4n) is 3.86. The number of rotatable bonds is 7. The molecule has 134 valence electrons. The third-order valence-corrected chi connectivity index (χ3v) is 6.82. The van der Waals surface area contributed by atoms with Crippen LogP contribution < -0.4 is 0 Å². The largest absolute Gasteiger partial charge is 0.121 e. The molecule has 0 heterocycles. The Hall–Kier alpha value is -0.920. The van der Waals surface area contributed by atoms with Gasteiger partial charge in [0, 0.05) is 15.7 Å². The number of halogens is 1. The zero-order chi connectivity index (χ0) is 17.5. The van der Waals surface area contributed by atoms with Gasteiger partial charge in [0.25, 0.3) is 0 Å². The Kier molecular flexibility index (Phi) is 7.31. The highest BCUT2D eigenvalue weighted by Crippen LogP contribution is 2.38. The molecule has 0 bridgehead atoms. The summed E-state index contributed by atoms with van der Waals surface area (Å²) in [5, 5.41) is 0.808. The Balaban J connectivity index is 1.48. The van der Waals surface area contributed by atoms with E-state index in [-0.39, 0.29) is 0 Å². The Labute approximate surface area is 162 Å². The first-order valence-corrected chi connectivity index (χ1v) is 11.1. The van der Waals surface area contributed by atoms with E-state index in [2.05, 4.69) is 43.3 Å². The molecule has 1 fully saturated rings. The number of unbranched alkanes of at least 4 members (excludes halogenated alkanes) is 1. The van der Waals surface area contributed by atoms with Crippen LogP contribution in [0.3, 0.4) is 0 Å². The Morgan fingerprint density at radius 2 is 1.60 bits per heavy atom. The predicted molar refractivity (Wildman–Crippen MR) is 112 cm³/mol. The van der Waals surface area contributed by atoms with E-state index in [1.165, 1.54) is 55.4 Å². The molecule has 2 aromatic carbocycles. The molecular weight excluding hydrogens is 344 g/mol. The van der Waals surface area contributed by atoms with Gasteiger partial charge in [-0.25, -0.2) is 0 Å². The Morgan fingerprint density at radius 1 is 0.920 bits per heavy atom. The number of hydrogen-bond donors (Lipinski definition) is 0. The average molecular weight is 373 g/mol. The van der Waals surface area contributed by atoms with Gasteiger partial charge in [0.1, 0.15) is 0 Å². The van der Waals surface area contributed by atoms with Gasteiger partial charge in [-0.15, -0.1) is 11.8 Å². The molecule has 0 unspecified atom stereocenters. The van der Waals surface area contributed by atoms with E-state index in [0.29, 0.717) is 0 Å².